The molecule has 24 heavy (non-hydrogen) atoms. The van der Waals surface area contributed by atoms with Crippen molar-refractivity contribution in [3.05, 3.63) is 35.4 Å². The third-order valence-electron chi connectivity index (χ3n) is 4.74. The van der Waals surface area contributed by atoms with Gasteiger partial charge in [0.15, 0.2) is 0 Å². The molecule has 1 heterocycles. The van der Waals surface area contributed by atoms with Crippen molar-refractivity contribution in [3.8, 4) is 0 Å². The maximum absolute atomic E-state index is 12.8. The third-order valence-corrected chi connectivity index (χ3v) is 4.74. The van der Waals surface area contributed by atoms with E-state index < -0.39 is 11.7 Å². The van der Waals surface area contributed by atoms with Gasteiger partial charge in [-0.2, -0.15) is 13.2 Å². The van der Waals surface area contributed by atoms with E-state index in [0.717, 1.165) is 38.1 Å². The van der Waals surface area contributed by atoms with Gasteiger partial charge in [0, 0.05) is 20.0 Å². The quantitative estimate of drug-likeness (QED) is 0.885. The monoisotopic (exact) mass is 342 g/mol. The molecule has 2 unspecified atom stereocenters. The van der Waals surface area contributed by atoms with E-state index >= 15 is 0 Å². The molecule has 0 radical (unpaired) electrons. The zero-order valence-electron chi connectivity index (χ0n) is 14.2. The minimum Gasteiger partial charge on any atom is -0.341 e. The smallest absolute Gasteiger partial charge is 0.341 e. The fourth-order valence-corrected chi connectivity index (χ4v) is 3.17. The Balaban J connectivity index is 1.91. The molecule has 1 aliphatic rings. The van der Waals surface area contributed by atoms with Crippen LogP contribution in [0.5, 0.6) is 0 Å². The van der Waals surface area contributed by atoms with Crippen LogP contribution in [-0.4, -0.2) is 30.9 Å². The summed E-state index contributed by atoms with van der Waals surface area (Å²) in [5, 5.41) is 3.35. The van der Waals surface area contributed by atoms with E-state index in [4.69, 9.17) is 0 Å². The lowest BCUT2D eigenvalue weighted by atomic mass is 9.85. The lowest BCUT2D eigenvalue weighted by Gasteiger charge is -2.29. The topological polar surface area (TPSA) is 32.3 Å². The van der Waals surface area contributed by atoms with Gasteiger partial charge in [-0.25, -0.2) is 0 Å². The molecule has 3 nitrogen and oxygen atoms in total. The van der Waals surface area contributed by atoms with Gasteiger partial charge in [0.05, 0.1) is 5.56 Å². The molecule has 1 amide bonds. The highest BCUT2D eigenvalue weighted by molar-refractivity contribution is 5.76. The summed E-state index contributed by atoms with van der Waals surface area (Å²) in [5.74, 6) is 0.740. The van der Waals surface area contributed by atoms with Crippen LogP contribution in [0.25, 0.3) is 0 Å². The number of hydrogen-bond acceptors (Lipinski definition) is 2. The van der Waals surface area contributed by atoms with Crippen LogP contribution in [0.3, 0.4) is 0 Å². The van der Waals surface area contributed by atoms with E-state index in [1.807, 2.05) is 0 Å². The maximum atomic E-state index is 12.8. The van der Waals surface area contributed by atoms with Crippen LogP contribution >= 0.6 is 0 Å². The summed E-state index contributed by atoms with van der Waals surface area (Å²) in [6, 6.07) is 5.15. The summed E-state index contributed by atoms with van der Waals surface area (Å²) in [6.07, 6.45) is -1.68. The van der Waals surface area contributed by atoms with Gasteiger partial charge >= 0.3 is 6.18 Å². The van der Waals surface area contributed by atoms with Crippen LogP contribution in [-0.2, 0) is 17.5 Å². The zero-order chi connectivity index (χ0) is 17.7. The summed E-state index contributed by atoms with van der Waals surface area (Å²) in [4.78, 5) is 13.9. The number of carbonyl (C=O) groups excluding carboxylic acids is 1. The number of nitrogens with zero attached hydrogens (tertiary/aromatic N) is 1. The molecule has 0 aliphatic carbocycles. The summed E-state index contributed by atoms with van der Waals surface area (Å²) >= 11 is 0. The second kappa shape index (κ2) is 8.01. The molecule has 0 aromatic heterocycles. The molecular formula is C18H25F3N2O. The molecule has 1 aromatic carbocycles. The number of benzene rings is 1. The Morgan fingerprint density at radius 3 is 2.79 bits per heavy atom. The molecule has 2 atom stereocenters. The first-order valence-electron chi connectivity index (χ1n) is 8.38. The lowest BCUT2D eigenvalue weighted by Crippen LogP contribution is -2.36. The van der Waals surface area contributed by atoms with Gasteiger partial charge in [-0.3, -0.25) is 4.79 Å². The van der Waals surface area contributed by atoms with Gasteiger partial charge < -0.3 is 10.2 Å². The predicted octanol–water partition coefficient (Wildman–Crippen LogP) is 3.69. The van der Waals surface area contributed by atoms with Crippen LogP contribution in [0.4, 0.5) is 13.2 Å². The molecule has 0 saturated carbocycles. The summed E-state index contributed by atoms with van der Waals surface area (Å²) in [7, 11) is 1.65. The Hall–Kier alpha value is -1.56. The molecule has 1 aromatic rings. The molecule has 1 N–H and O–H groups in total. The fraction of sp³-hybridized carbons (Fsp3) is 0.611. The first kappa shape index (κ1) is 18.8. The number of rotatable bonds is 5. The van der Waals surface area contributed by atoms with Crippen LogP contribution in [0.15, 0.2) is 24.3 Å². The van der Waals surface area contributed by atoms with Gasteiger partial charge in [-0.1, -0.05) is 19.1 Å². The van der Waals surface area contributed by atoms with E-state index in [-0.39, 0.29) is 18.4 Å². The number of carbonyl (C=O) groups is 1. The predicted molar refractivity (Wildman–Crippen MR) is 87.3 cm³/mol. The normalized spacial score (nSPS) is 19.8. The van der Waals surface area contributed by atoms with Crippen LogP contribution in [0.1, 0.15) is 37.3 Å². The van der Waals surface area contributed by atoms with Crippen molar-refractivity contribution < 1.29 is 18.0 Å². The minimum atomic E-state index is -4.36. The summed E-state index contributed by atoms with van der Waals surface area (Å²) in [6.45, 7) is 4.24. The van der Waals surface area contributed by atoms with Crippen molar-refractivity contribution in [2.75, 3.05) is 20.1 Å². The van der Waals surface area contributed by atoms with Crippen molar-refractivity contribution in [1.29, 1.82) is 0 Å². The SMILES string of the molecule is CC(CC(=O)N(C)Cc1cccc(C(F)(F)F)c1)C1CCCNC1. The van der Waals surface area contributed by atoms with Crippen molar-refractivity contribution >= 4 is 5.91 Å². The highest BCUT2D eigenvalue weighted by atomic mass is 19.4. The molecule has 0 spiro atoms. The Labute approximate surface area is 141 Å². The van der Waals surface area contributed by atoms with E-state index in [1.54, 1.807) is 13.1 Å². The second-order valence-electron chi connectivity index (χ2n) is 6.74. The molecule has 1 aliphatic heterocycles. The third kappa shape index (κ3) is 5.23. The summed E-state index contributed by atoms with van der Waals surface area (Å²) < 4.78 is 38.3. The number of halogens is 3. The fourth-order valence-electron chi connectivity index (χ4n) is 3.17. The number of alkyl halides is 3. The van der Waals surface area contributed by atoms with Crippen LogP contribution < -0.4 is 5.32 Å². The van der Waals surface area contributed by atoms with Crippen molar-refractivity contribution in [2.24, 2.45) is 11.8 Å². The highest BCUT2D eigenvalue weighted by Gasteiger charge is 2.30. The number of piperidine rings is 1. The minimum absolute atomic E-state index is 0.0227. The van der Waals surface area contributed by atoms with Gasteiger partial charge in [0.25, 0.3) is 0 Å². The average Bonchev–Trinajstić information content (AvgIpc) is 2.55. The van der Waals surface area contributed by atoms with Crippen LogP contribution in [0, 0.1) is 11.8 Å². The van der Waals surface area contributed by atoms with E-state index in [0.29, 0.717) is 17.9 Å². The van der Waals surface area contributed by atoms with Gasteiger partial charge in [-0.05, 0) is 55.5 Å². The standard InChI is InChI=1S/C18H25F3N2O/c1-13(15-6-4-8-22-11-15)9-17(24)23(2)12-14-5-3-7-16(10-14)18(19,20)21/h3,5,7,10,13,15,22H,4,6,8-9,11-12H2,1-2H3. The van der Waals surface area contributed by atoms with Gasteiger partial charge in [-0.15, -0.1) is 0 Å². The molecule has 6 heteroatoms. The molecule has 134 valence electrons. The number of nitrogens with one attached hydrogen (secondary N) is 1. The number of amides is 1. The van der Waals surface area contributed by atoms with Crippen molar-refractivity contribution in [2.45, 2.75) is 38.9 Å². The first-order valence-corrected chi connectivity index (χ1v) is 8.38. The Bertz CT molecular complexity index is 553. The Kier molecular flexibility index (Phi) is 6.27. The maximum Gasteiger partial charge on any atom is 0.416 e. The Morgan fingerprint density at radius 2 is 2.17 bits per heavy atom. The largest absolute Gasteiger partial charge is 0.416 e. The summed E-state index contributed by atoms with van der Waals surface area (Å²) in [5.41, 5.74) is -0.185. The lowest BCUT2D eigenvalue weighted by molar-refractivity contribution is -0.137. The molecular weight excluding hydrogens is 317 g/mol. The zero-order valence-corrected chi connectivity index (χ0v) is 14.2. The molecule has 0 bridgehead atoms. The first-order chi connectivity index (χ1) is 11.3. The van der Waals surface area contributed by atoms with E-state index in [1.165, 1.54) is 11.0 Å². The van der Waals surface area contributed by atoms with Crippen LogP contribution in [0.2, 0.25) is 0 Å². The van der Waals surface area contributed by atoms with Gasteiger partial charge in [0.1, 0.15) is 0 Å². The molecule has 1 fully saturated rings. The van der Waals surface area contributed by atoms with Crippen molar-refractivity contribution in [3.63, 3.8) is 0 Å². The Morgan fingerprint density at radius 1 is 1.42 bits per heavy atom. The number of hydrogen-bond donors (Lipinski definition) is 1. The second-order valence-corrected chi connectivity index (χ2v) is 6.74. The average molecular weight is 342 g/mol. The van der Waals surface area contributed by atoms with E-state index in [9.17, 15) is 18.0 Å². The van der Waals surface area contributed by atoms with E-state index in [2.05, 4.69) is 12.2 Å². The molecule has 2 rings (SSSR count). The van der Waals surface area contributed by atoms with Gasteiger partial charge in [0.2, 0.25) is 5.91 Å². The van der Waals surface area contributed by atoms with Crippen molar-refractivity contribution in [1.82, 2.24) is 10.2 Å². The highest BCUT2D eigenvalue weighted by Crippen LogP contribution is 2.30. The molecule has 1 saturated heterocycles.